The first-order valence-electron chi connectivity index (χ1n) is 12.3. The number of rotatable bonds is 7. The number of imidazole rings is 1. The summed E-state index contributed by atoms with van der Waals surface area (Å²) in [6.07, 6.45) is -3.41. The van der Waals surface area contributed by atoms with Crippen LogP contribution in [0.15, 0.2) is 59.8 Å². The van der Waals surface area contributed by atoms with E-state index in [1.807, 2.05) is 0 Å². The summed E-state index contributed by atoms with van der Waals surface area (Å²) in [5.41, 5.74) is -1.08. The van der Waals surface area contributed by atoms with Crippen LogP contribution >= 0.6 is 0 Å². The SMILES string of the molecule is CC(C)n1c(=O)[nH]c2nccc(Oc3ccc(NC4OC4c4cnn(-c5ncccc5F)c4C(F)(F)F)cc3F)c21. The van der Waals surface area contributed by atoms with E-state index >= 15 is 4.39 Å². The molecule has 0 amide bonds. The number of nitrogens with zero attached hydrogens (tertiary/aromatic N) is 5. The lowest BCUT2D eigenvalue weighted by Crippen LogP contribution is -2.18. The minimum atomic E-state index is -4.89. The monoisotopic (exact) mass is 573 g/mol. The summed E-state index contributed by atoms with van der Waals surface area (Å²) in [5.74, 6) is -2.31. The van der Waals surface area contributed by atoms with Crippen LogP contribution in [0, 0.1) is 11.6 Å². The number of anilines is 1. The van der Waals surface area contributed by atoms with Crippen LogP contribution in [0.5, 0.6) is 11.5 Å². The number of hydrogen-bond acceptors (Lipinski definition) is 7. The number of H-pyrrole nitrogens is 1. The Morgan fingerprint density at radius 1 is 1.07 bits per heavy atom. The number of halogens is 5. The second-order valence-corrected chi connectivity index (χ2v) is 9.44. The fraction of sp³-hybridized carbons (Fsp3) is 0.231. The minimum absolute atomic E-state index is 0.154. The van der Waals surface area contributed by atoms with Crippen LogP contribution in [0.3, 0.4) is 0 Å². The van der Waals surface area contributed by atoms with E-state index in [1.165, 1.54) is 35.0 Å². The zero-order chi connectivity index (χ0) is 29.1. The van der Waals surface area contributed by atoms with E-state index in [4.69, 9.17) is 9.47 Å². The third kappa shape index (κ3) is 4.77. The van der Waals surface area contributed by atoms with Gasteiger partial charge in [-0.05, 0) is 38.1 Å². The van der Waals surface area contributed by atoms with Crippen molar-refractivity contribution in [2.24, 2.45) is 0 Å². The minimum Gasteiger partial charge on any atom is -0.452 e. The summed E-state index contributed by atoms with van der Waals surface area (Å²) in [4.78, 5) is 22.8. The standard InChI is InChI=1S/C26H20F5N7O3/c1-12(2)37-19-18(7-9-32-22(19)36-25(37)39)40-17-6-5-13(10-16(17)28)35-24-20(41-24)14-11-34-38(21(14)26(29,30)31)23-15(27)4-3-8-33-23/h3-12,20,24,35H,1-2H3,(H,32,36,39). The van der Waals surface area contributed by atoms with Gasteiger partial charge in [-0.3, -0.25) is 9.55 Å². The van der Waals surface area contributed by atoms with Crippen molar-refractivity contribution in [1.82, 2.24) is 29.3 Å². The highest BCUT2D eigenvalue weighted by molar-refractivity contribution is 5.78. The van der Waals surface area contributed by atoms with E-state index in [1.54, 1.807) is 13.8 Å². The molecule has 212 valence electrons. The van der Waals surface area contributed by atoms with Gasteiger partial charge < -0.3 is 14.8 Å². The van der Waals surface area contributed by atoms with Crippen molar-refractivity contribution in [1.29, 1.82) is 0 Å². The van der Waals surface area contributed by atoms with Gasteiger partial charge >= 0.3 is 11.9 Å². The molecule has 0 radical (unpaired) electrons. The molecular formula is C26H20F5N7O3. The second-order valence-electron chi connectivity index (χ2n) is 9.44. The number of nitrogens with one attached hydrogen (secondary N) is 2. The lowest BCUT2D eigenvalue weighted by molar-refractivity contribution is -0.143. The first kappa shape index (κ1) is 26.4. The highest BCUT2D eigenvalue weighted by Gasteiger charge is 2.49. The molecule has 0 aliphatic carbocycles. The molecule has 6 rings (SSSR count). The maximum absolute atomic E-state index is 15.0. The highest BCUT2D eigenvalue weighted by Crippen LogP contribution is 2.46. The fourth-order valence-corrected chi connectivity index (χ4v) is 4.56. The summed E-state index contributed by atoms with van der Waals surface area (Å²) in [5, 5.41) is 6.52. The van der Waals surface area contributed by atoms with Gasteiger partial charge in [0.05, 0.1) is 6.20 Å². The first-order valence-corrected chi connectivity index (χ1v) is 12.3. The maximum Gasteiger partial charge on any atom is 0.433 e. The van der Waals surface area contributed by atoms with Crippen molar-refractivity contribution < 1.29 is 31.4 Å². The molecule has 1 saturated heterocycles. The van der Waals surface area contributed by atoms with Crippen LogP contribution in [-0.4, -0.2) is 35.5 Å². The molecule has 2 atom stereocenters. The van der Waals surface area contributed by atoms with Crippen LogP contribution in [0.1, 0.15) is 37.3 Å². The summed E-state index contributed by atoms with van der Waals surface area (Å²) in [6, 6.07) is 7.38. The Morgan fingerprint density at radius 3 is 2.59 bits per heavy atom. The Morgan fingerprint density at radius 2 is 1.88 bits per heavy atom. The average Bonchev–Trinajstić information content (AvgIpc) is 3.34. The summed E-state index contributed by atoms with van der Waals surface area (Å²) < 4.78 is 84.1. The molecule has 1 aliphatic heterocycles. The Bertz CT molecular complexity index is 1830. The Hall–Kier alpha value is -4.79. The summed E-state index contributed by atoms with van der Waals surface area (Å²) >= 11 is 0. The van der Waals surface area contributed by atoms with Gasteiger partial charge in [0.2, 0.25) is 0 Å². The van der Waals surface area contributed by atoms with Crippen LogP contribution in [-0.2, 0) is 10.9 Å². The predicted octanol–water partition coefficient (Wildman–Crippen LogP) is 5.49. The van der Waals surface area contributed by atoms with Gasteiger partial charge in [-0.25, -0.2) is 28.2 Å². The number of benzene rings is 1. The topological polar surface area (TPSA) is 115 Å². The van der Waals surface area contributed by atoms with Crippen LogP contribution in [0.25, 0.3) is 17.0 Å². The zero-order valence-electron chi connectivity index (χ0n) is 21.3. The van der Waals surface area contributed by atoms with E-state index in [0.29, 0.717) is 10.2 Å². The van der Waals surface area contributed by atoms with Gasteiger partial charge in [-0.15, -0.1) is 0 Å². The molecule has 15 heteroatoms. The molecule has 0 saturated carbocycles. The molecule has 1 fully saturated rings. The summed E-state index contributed by atoms with van der Waals surface area (Å²) in [7, 11) is 0. The molecule has 5 heterocycles. The average molecular weight is 573 g/mol. The van der Waals surface area contributed by atoms with Crippen molar-refractivity contribution >= 4 is 16.9 Å². The molecule has 2 N–H and O–H groups in total. The third-order valence-electron chi connectivity index (χ3n) is 6.35. The number of alkyl halides is 3. The van der Waals surface area contributed by atoms with E-state index in [9.17, 15) is 22.4 Å². The van der Waals surface area contributed by atoms with Crippen molar-refractivity contribution in [3.05, 3.63) is 88.4 Å². The van der Waals surface area contributed by atoms with Gasteiger partial charge in [-0.2, -0.15) is 18.3 Å². The number of fused-ring (bicyclic) bond motifs is 1. The van der Waals surface area contributed by atoms with Crippen molar-refractivity contribution in [2.75, 3.05) is 5.32 Å². The molecule has 41 heavy (non-hydrogen) atoms. The lowest BCUT2D eigenvalue weighted by atomic mass is 10.1. The van der Waals surface area contributed by atoms with Crippen molar-refractivity contribution in [3.63, 3.8) is 0 Å². The molecule has 10 nitrogen and oxygen atoms in total. The quantitative estimate of drug-likeness (QED) is 0.196. The molecule has 2 unspecified atom stereocenters. The predicted molar refractivity (Wildman–Crippen MR) is 135 cm³/mol. The number of epoxide rings is 1. The molecule has 1 aliphatic rings. The van der Waals surface area contributed by atoms with E-state index in [0.717, 1.165) is 24.5 Å². The first-order chi connectivity index (χ1) is 19.5. The number of ether oxygens (including phenoxy) is 2. The van der Waals surface area contributed by atoms with E-state index < -0.39 is 41.7 Å². The van der Waals surface area contributed by atoms with Crippen LogP contribution < -0.4 is 15.7 Å². The van der Waals surface area contributed by atoms with Gasteiger partial charge in [-0.1, -0.05) is 0 Å². The normalized spacial score (nSPS) is 16.9. The van der Waals surface area contributed by atoms with Crippen molar-refractivity contribution in [3.8, 4) is 17.3 Å². The molecule has 0 spiro atoms. The van der Waals surface area contributed by atoms with Gasteiger partial charge in [0.25, 0.3) is 0 Å². The van der Waals surface area contributed by atoms with E-state index in [-0.39, 0.29) is 40.1 Å². The van der Waals surface area contributed by atoms with Crippen LogP contribution in [0.2, 0.25) is 0 Å². The number of hydrogen-bond donors (Lipinski definition) is 2. The smallest absolute Gasteiger partial charge is 0.433 e. The fourth-order valence-electron chi connectivity index (χ4n) is 4.56. The molecular weight excluding hydrogens is 553 g/mol. The lowest BCUT2D eigenvalue weighted by Gasteiger charge is -2.13. The number of pyridine rings is 2. The Kier molecular flexibility index (Phi) is 6.25. The molecule has 4 aromatic heterocycles. The van der Waals surface area contributed by atoms with Crippen LogP contribution in [0.4, 0.5) is 27.6 Å². The summed E-state index contributed by atoms with van der Waals surface area (Å²) in [6.45, 7) is 3.61. The Balaban J connectivity index is 1.22. The number of aromatic nitrogens is 6. The zero-order valence-corrected chi connectivity index (χ0v) is 21.3. The highest BCUT2D eigenvalue weighted by atomic mass is 19.4. The largest absolute Gasteiger partial charge is 0.452 e. The van der Waals surface area contributed by atoms with E-state index in [2.05, 4.69) is 25.4 Å². The number of aromatic amines is 1. The molecule has 0 bridgehead atoms. The van der Waals surface area contributed by atoms with Gasteiger partial charge in [0.1, 0.15) is 11.6 Å². The Labute approximate surface area is 227 Å². The van der Waals surface area contributed by atoms with Gasteiger partial charge in [0.15, 0.2) is 46.5 Å². The molecule has 5 aromatic rings. The molecule has 1 aromatic carbocycles. The van der Waals surface area contributed by atoms with Crippen molar-refractivity contribution in [2.45, 2.75) is 38.4 Å². The third-order valence-corrected chi connectivity index (χ3v) is 6.35. The maximum atomic E-state index is 15.0. The second kappa shape index (κ2) is 9.69. The van der Waals surface area contributed by atoms with Gasteiger partial charge in [0, 0.05) is 41.8 Å².